The third-order valence-electron chi connectivity index (χ3n) is 3.41. The molecule has 1 aromatic carbocycles. The van der Waals surface area contributed by atoms with Crippen LogP contribution in [0.15, 0.2) is 36.9 Å². The van der Waals surface area contributed by atoms with E-state index in [1.807, 2.05) is 0 Å². The topological polar surface area (TPSA) is 80.9 Å². The highest BCUT2D eigenvalue weighted by Gasteiger charge is 2.17. The van der Waals surface area contributed by atoms with Crippen LogP contribution in [-0.4, -0.2) is 31.3 Å². The lowest BCUT2D eigenvalue weighted by atomic mass is 9.86. The number of rotatable bonds is 3. The minimum atomic E-state index is -0.981. The molecule has 1 aromatic heterocycles. The third kappa shape index (κ3) is 6.87. The van der Waals surface area contributed by atoms with Crippen LogP contribution in [0.4, 0.5) is 0 Å². The number of aliphatic carboxylic acids is 1. The Balaban J connectivity index is 0.000000550. The second-order valence-electron chi connectivity index (χ2n) is 7.83. The van der Waals surface area contributed by atoms with E-state index in [2.05, 4.69) is 87.8 Å². The molecule has 0 atom stereocenters. The molecule has 0 aliphatic carbocycles. The molecule has 0 saturated carbocycles. The lowest BCUT2D eigenvalue weighted by molar-refractivity contribution is -0.131. The van der Waals surface area contributed by atoms with E-state index in [4.69, 9.17) is 5.11 Å². The van der Waals surface area contributed by atoms with Gasteiger partial charge in [0.05, 0.1) is 5.54 Å². The van der Waals surface area contributed by atoms with Crippen molar-refractivity contribution in [2.75, 3.05) is 0 Å². The van der Waals surface area contributed by atoms with Gasteiger partial charge in [-0.25, -0.2) is 4.79 Å². The van der Waals surface area contributed by atoms with Gasteiger partial charge in [0.1, 0.15) is 0 Å². The molecule has 2 rings (SSSR count). The number of tetrazole rings is 1. The van der Waals surface area contributed by atoms with Crippen molar-refractivity contribution >= 4 is 5.97 Å². The summed E-state index contributed by atoms with van der Waals surface area (Å²) in [5, 5.41) is 20.3. The number of carboxylic acid groups (broad SMARTS) is 1. The molecule has 2 aromatic rings. The van der Waals surface area contributed by atoms with Gasteiger partial charge in [-0.3, -0.25) is 0 Å². The van der Waals surface area contributed by atoms with Crippen LogP contribution in [-0.2, 0) is 22.2 Å². The molecular formula is C19H28N4O2. The Morgan fingerprint density at radius 1 is 1.16 bits per heavy atom. The number of carbonyl (C=O) groups is 1. The molecule has 136 valence electrons. The molecule has 0 fully saturated rings. The van der Waals surface area contributed by atoms with Gasteiger partial charge in [0, 0.05) is 12.5 Å². The summed E-state index contributed by atoms with van der Waals surface area (Å²) in [7, 11) is 0. The van der Waals surface area contributed by atoms with Crippen LogP contribution in [0.25, 0.3) is 0 Å². The number of hydrogen-bond donors (Lipinski definition) is 1. The summed E-state index contributed by atoms with van der Waals surface area (Å²) in [4.78, 5) is 10.9. The third-order valence-corrected chi connectivity index (χ3v) is 3.41. The number of carboxylic acids is 1. The van der Waals surface area contributed by atoms with Gasteiger partial charge in [0.25, 0.3) is 0 Å². The summed E-state index contributed by atoms with van der Waals surface area (Å²) in [5.41, 5.74) is 2.62. The van der Waals surface area contributed by atoms with Gasteiger partial charge in [-0.05, 0) is 42.5 Å². The van der Waals surface area contributed by atoms with Crippen molar-refractivity contribution in [1.82, 2.24) is 20.2 Å². The molecule has 0 unspecified atom stereocenters. The summed E-state index contributed by atoms with van der Waals surface area (Å²) < 4.78 is 0. The highest BCUT2D eigenvalue weighted by atomic mass is 16.4. The Labute approximate surface area is 149 Å². The average molecular weight is 344 g/mol. The van der Waals surface area contributed by atoms with E-state index in [1.165, 1.54) is 11.1 Å². The summed E-state index contributed by atoms with van der Waals surface area (Å²) >= 11 is 0. The minimum Gasteiger partial charge on any atom is -0.478 e. The van der Waals surface area contributed by atoms with Crippen molar-refractivity contribution in [1.29, 1.82) is 0 Å². The van der Waals surface area contributed by atoms with Crippen molar-refractivity contribution in [3.63, 3.8) is 0 Å². The summed E-state index contributed by atoms with van der Waals surface area (Å²) in [5.74, 6) is -0.214. The highest BCUT2D eigenvalue weighted by molar-refractivity contribution is 5.78. The molecule has 1 heterocycles. The van der Waals surface area contributed by atoms with Crippen LogP contribution in [0.3, 0.4) is 0 Å². The maximum Gasteiger partial charge on any atom is 0.327 e. The Morgan fingerprint density at radius 2 is 1.68 bits per heavy atom. The molecule has 0 aliphatic rings. The van der Waals surface area contributed by atoms with E-state index in [0.717, 1.165) is 18.3 Å². The fourth-order valence-electron chi connectivity index (χ4n) is 1.90. The molecule has 0 saturated heterocycles. The first-order valence-corrected chi connectivity index (χ1v) is 8.17. The van der Waals surface area contributed by atoms with Crippen LogP contribution in [0.5, 0.6) is 0 Å². The van der Waals surface area contributed by atoms with Crippen LogP contribution >= 0.6 is 0 Å². The van der Waals surface area contributed by atoms with Crippen LogP contribution in [0, 0.1) is 0 Å². The van der Waals surface area contributed by atoms with Crippen molar-refractivity contribution in [2.45, 2.75) is 58.9 Å². The molecule has 0 amide bonds. The standard InChI is InChI=1S/C16H24N4.C3H4O2/c1-15(2,3)13-9-7-12(8-10-13)11-14-17-19-20(18-14)16(4,5)6;1-2-3(4)5/h7-10H,11H2,1-6H3;2H,1H2,(H,4,5). The average Bonchev–Trinajstić information content (AvgIpc) is 2.96. The zero-order valence-electron chi connectivity index (χ0n) is 15.9. The van der Waals surface area contributed by atoms with Crippen molar-refractivity contribution in [3.05, 3.63) is 53.9 Å². The van der Waals surface area contributed by atoms with Gasteiger partial charge in [0.15, 0.2) is 5.82 Å². The van der Waals surface area contributed by atoms with E-state index < -0.39 is 5.97 Å². The van der Waals surface area contributed by atoms with Crippen molar-refractivity contribution in [3.8, 4) is 0 Å². The summed E-state index contributed by atoms with van der Waals surface area (Å²) in [6.07, 6.45) is 1.56. The predicted molar refractivity (Wildman–Crippen MR) is 98.6 cm³/mol. The number of nitrogens with zero attached hydrogens (tertiary/aromatic N) is 4. The van der Waals surface area contributed by atoms with Crippen LogP contribution < -0.4 is 0 Å². The van der Waals surface area contributed by atoms with E-state index in [9.17, 15) is 4.79 Å². The normalized spacial score (nSPS) is 11.4. The van der Waals surface area contributed by atoms with E-state index in [1.54, 1.807) is 4.80 Å². The maximum absolute atomic E-state index is 9.25. The summed E-state index contributed by atoms with van der Waals surface area (Å²) in [6, 6.07) is 8.67. The Bertz CT molecular complexity index is 704. The second kappa shape index (κ2) is 8.05. The zero-order chi connectivity index (χ0) is 19.3. The largest absolute Gasteiger partial charge is 0.478 e. The summed E-state index contributed by atoms with van der Waals surface area (Å²) in [6.45, 7) is 15.8. The molecule has 6 heteroatoms. The first-order valence-electron chi connectivity index (χ1n) is 8.17. The Kier molecular flexibility index (Phi) is 6.62. The zero-order valence-corrected chi connectivity index (χ0v) is 15.9. The smallest absolute Gasteiger partial charge is 0.327 e. The van der Waals surface area contributed by atoms with Crippen LogP contribution in [0.1, 0.15) is 58.5 Å². The number of aromatic nitrogens is 4. The van der Waals surface area contributed by atoms with Gasteiger partial charge >= 0.3 is 5.97 Å². The molecule has 0 aliphatic heterocycles. The van der Waals surface area contributed by atoms with Crippen molar-refractivity contribution in [2.24, 2.45) is 0 Å². The number of hydrogen-bond acceptors (Lipinski definition) is 4. The monoisotopic (exact) mass is 344 g/mol. The van der Waals surface area contributed by atoms with Gasteiger partial charge in [-0.15, -0.1) is 10.2 Å². The Morgan fingerprint density at radius 3 is 2.04 bits per heavy atom. The van der Waals surface area contributed by atoms with Crippen LogP contribution in [0.2, 0.25) is 0 Å². The minimum absolute atomic E-state index is 0.124. The van der Waals surface area contributed by atoms with Gasteiger partial charge in [-0.1, -0.05) is 51.6 Å². The van der Waals surface area contributed by atoms with E-state index in [0.29, 0.717) is 0 Å². The van der Waals surface area contributed by atoms with Gasteiger partial charge in [-0.2, -0.15) is 4.80 Å². The lowest BCUT2D eigenvalue weighted by Crippen LogP contribution is -2.24. The lowest BCUT2D eigenvalue weighted by Gasteiger charge is -2.19. The number of benzene rings is 1. The first kappa shape index (κ1) is 20.5. The molecule has 1 N–H and O–H groups in total. The quantitative estimate of drug-likeness (QED) is 0.861. The van der Waals surface area contributed by atoms with E-state index >= 15 is 0 Å². The predicted octanol–water partition coefficient (Wildman–Crippen LogP) is 3.57. The SMILES string of the molecule is C=CC(=O)O.CC(C)(C)c1ccc(Cc2nnn(C(C)(C)C)n2)cc1. The fraction of sp³-hybridized carbons (Fsp3) is 0.474. The Hall–Kier alpha value is -2.50. The molecule has 6 nitrogen and oxygen atoms in total. The van der Waals surface area contributed by atoms with Gasteiger partial charge in [0.2, 0.25) is 0 Å². The van der Waals surface area contributed by atoms with E-state index in [-0.39, 0.29) is 11.0 Å². The molecule has 0 radical (unpaired) electrons. The van der Waals surface area contributed by atoms with Gasteiger partial charge < -0.3 is 5.11 Å². The molecule has 0 spiro atoms. The first-order chi connectivity index (χ1) is 11.4. The highest BCUT2D eigenvalue weighted by Crippen LogP contribution is 2.22. The molecule has 25 heavy (non-hydrogen) atoms. The second-order valence-corrected chi connectivity index (χ2v) is 7.83. The fourth-order valence-corrected chi connectivity index (χ4v) is 1.90. The molecular weight excluding hydrogens is 316 g/mol. The molecule has 0 bridgehead atoms. The maximum atomic E-state index is 9.25. The van der Waals surface area contributed by atoms with Crippen molar-refractivity contribution < 1.29 is 9.90 Å².